The number of rotatable bonds is 10. The number of carbonyl (C=O) groups is 1. The number of aryl methyl sites for hydroxylation is 1. The number of carboxylic acids is 1. The average Bonchev–Trinajstić information content (AvgIpc) is 2.80. The first-order valence-electron chi connectivity index (χ1n) is 10.9. The number of hydrogen-bond acceptors (Lipinski definition) is 3. The van der Waals surface area contributed by atoms with Crippen LogP contribution >= 0.6 is 0 Å². The molecule has 0 radical (unpaired) electrons. The predicted molar refractivity (Wildman–Crippen MR) is 125 cm³/mol. The highest BCUT2D eigenvalue weighted by atomic mass is 19.4. The SMILES string of the molecule is CCCCc1ccc(COc2ccc(-c3ccc(OC(F)(F)F)cc3)cc2C=CC(=O)O)cc1. The molecule has 0 aliphatic heterocycles. The van der Waals surface area contributed by atoms with Crippen molar-refractivity contribution in [1.82, 2.24) is 0 Å². The maximum absolute atomic E-state index is 12.4. The fourth-order valence-electron chi connectivity index (χ4n) is 3.34. The Morgan fingerprint density at radius 3 is 2.21 bits per heavy atom. The van der Waals surface area contributed by atoms with Gasteiger partial charge in [0.05, 0.1) is 0 Å². The van der Waals surface area contributed by atoms with Gasteiger partial charge in [-0.15, -0.1) is 13.2 Å². The number of halogens is 3. The Bertz CT molecular complexity index is 1120. The lowest BCUT2D eigenvalue weighted by Gasteiger charge is -2.13. The minimum Gasteiger partial charge on any atom is -0.488 e. The van der Waals surface area contributed by atoms with Crippen molar-refractivity contribution in [3.63, 3.8) is 0 Å². The molecule has 34 heavy (non-hydrogen) atoms. The molecular weight excluding hydrogens is 445 g/mol. The summed E-state index contributed by atoms with van der Waals surface area (Å²) in [4.78, 5) is 11.0. The summed E-state index contributed by atoms with van der Waals surface area (Å²) in [6.07, 6.45) is 0.987. The summed E-state index contributed by atoms with van der Waals surface area (Å²) < 4.78 is 47.0. The molecule has 0 saturated heterocycles. The van der Waals surface area contributed by atoms with Crippen LogP contribution in [0.3, 0.4) is 0 Å². The molecule has 0 aliphatic rings. The molecule has 3 aromatic carbocycles. The van der Waals surface area contributed by atoms with E-state index in [1.807, 2.05) is 12.1 Å². The van der Waals surface area contributed by atoms with Gasteiger partial charge in [-0.1, -0.05) is 55.8 Å². The Balaban J connectivity index is 1.78. The predicted octanol–water partition coefficient (Wildman–Crippen LogP) is 7.27. The number of ether oxygens (including phenoxy) is 2. The van der Waals surface area contributed by atoms with E-state index in [9.17, 15) is 18.0 Å². The normalized spacial score (nSPS) is 11.5. The Morgan fingerprint density at radius 2 is 1.59 bits per heavy atom. The van der Waals surface area contributed by atoms with Gasteiger partial charge in [0.2, 0.25) is 0 Å². The molecule has 3 rings (SSSR count). The van der Waals surface area contributed by atoms with Crippen LogP contribution in [0, 0.1) is 0 Å². The fourth-order valence-corrected chi connectivity index (χ4v) is 3.34. The lowest BCUT2D eigenvalue weighted by atomic mass is 10.0. The molecule has 4 nitrogen and oxygen atoms in total. The van der Waals surface area contributed by atoms with Crippen LogP contribution in [-0.2, 0) is 17.8 Å². The second-order valence-electron chi connectivity index (χ2n) is 7.71. The molecule has 1 N–H and O–H groups in total. The largest absolute Gasteiger partial charge is 0.573 e. The number of alkyl halides is 3. The average molecular weight is 470 g/mol. The van der Waals surface area contributed by atoms with Gasteiger partial charge in [0.25, 0.3) is 0 Å². The first-order valence-corrected chi connectivity index (χ1v) is 10.9. The topological polar surface area (TPSA) is 55.8 Å². The lowest BCUT2D eigenvalue weighted by molar-refractivity contribution is -0.274. The monoisotopic (exact) mass is 470 g/mol. The highest BCUT2D eigenvalue weighted by Gasteiger charge is 2.30. The van der Waals surface area contributed by atoms with Gasteiger partial charge in [0.1, 0.15) is 18.1 Å². The van der Waals surface area contributed by atoms with E-state index in [1.54, 1.807) is 18.2 Å². The van der Waals surface area contributed by atoms with Gasteiger partial charge in [-0.05, 0) is 65.4 Å². The van der Waals surface area contributed by atoms with Crippen molar-refractivity contribution in [2.45, 2.75) is 39.2 Å². The van der Waals surface area contributed by atoms with Crippen LogP contribution in [-0.4, -0.2) is 17.4 Å². The van der Waals surface area contributed by atoms with Gasteiger partial charge in [-0.3, -0.25) is 0 Å². The molecule has 0 atom stereocenters. The second-order valence-corrected chi connectivity index (χ2v) is 7.71. The van der Waals surface area contributed by atoms with Crippen LogP contribution in [0.2, 0.25) is 0 Å². The van der Waals surface area contributed by atoms with Crippen LogP contribution in [0.1, 0.15) is 36.5 Å². The van der Waals surface area contributed by atoms with Crippen LogP contribution < -0.4 is 9.47 Å². The molecule has 0 bridgehead atoms. The van der Waals surface area contributed by atoms with Crippen LogP contribution in [0.4, 0.5) is 13.2 Å². The number of hydrogen-bond donors (Lipinski definition) is 1. The third-order valence-electron chi connectivity index (χ3n) is 5.07. The Kier molecular flexibility index (Phi) is 8.35. The van der Waals surface area contributed by atoms with Crippen molar-refractivity contribution >= 4 is 12.0 Å². The van der Waals surface area contributed by atoms with E-state index in [-0.39, 0.29) is 5.75 Å². The van der Waals surface area contributed by atoms with Crippen molar-refractivity contribution in [3.8, 4) is 22.6 Å². The maximum Gasteiger partial charge on any atom is 0.573 e. The fraction of sp³-hybridized carbons (Fsp3) is 0.222. The van der Waals surface area contributed by atoms with Gasteiger partial charge in [-0.2, -0.15) is 0 Å². The summed E-state index contributed by atoms with van der Waals surface area (Å²) in [6, 6.07) is 18.8. The first-order chi connectivity index (χ1) is 16.2. The van der Waals surface area contributed by atoms with Gasteiger partial charge >= 0.3 is 12.3 Å². The molecule has 0 unspecified atom stereocenters. The number of unbranched alkanes of at least 4 members (excludes halogenated alkanes) is 1. The summed E-state index contributed by atoms with van der Waals surface area (Å²) in [5, 5.41) is 9.04. The van der Waals surface area contributed by atoms with Crippen molar-refractivity contribution in [2.75, 3.05) is 0 Å². The van der Waals surface area contributed by atoms with Crippen LogP contribution in [0.15, 0.2) is 72.8 Å². The van der Waals surface area contributed by atoms with Crippen molar-refractivity contribution in [1.29, 1.82) is 0 Å². The molecule has 7 heteroatoms. The van der Waals surface area contributed by atoms with E-state index < -0.39 is 12.3 Å². The smallest absolute Gasteiger partial charge is 0.488 e. The van der Waals surface area contributed by atoms with Gasteiger partial charge in [-0.25, -0.2) is 4.79 Å². The van der Waals surface area contributed by atoms with Crippen LogP contribution in [0.5, 0.6) is 11.5 Å². The van der Waals surface area contributed by atoms with Crippen molar-refractivity contribution in [3.05, 3.63) is 89.5 Å². The molecule has 0 saturated carbocycles. The third kappa shape index (κ3) is 7.69. The standard InChI is InChI=1S/C27H25F3O4/c1-2-3-4-19-5-7-20(8-6-19)18-33-25-15-11-22(17-23(25)12-16-26(31)32)21-9-13-24(14-10-21)34-27(28,29)30/h5-17H,2-4,18H2,1H3,(H,31,32). The minimum atomic E-state index is -4.76. The van der Waals surface area contributed by atoms with E-state index in [0.717, 1.165) is 30.9 Å². The highest BCUT2D eigenvalue weighted by molar-refractivity contribution is 5.86. The van der Waals surface area contributed by atoms with Gasteiger partial charge in [0, 0.05) is 11.6 Å². The van der Waals surface area contributed by atoms with E-state index in [0.29, 0.717) is 29.0 Å². The molecular formula is C27H25F3O4. The summed E-state index contributed by atoms with van der Waals surface area (Å²) in [6.45, 7) is 2.46. The molecule has 0 aliphatic carbocycles. The third-order valence-corrected chi connectivity index (χ3v) is 5.07. The molecule has 0 amide bonds. The number of aliphatic carboxylic acids is 1. The maximum atomic E-state index is 12.4. The number of carboxylic acid groups (broad SMARTS) is 1. The lowest BCUT2D eigenvalue weighted by Crippen LogP contribution is -2.16. The van der Waals surface area contributed by atoms with Crippen molar-refractivity contribution < 1.29 is 32.5 Å². The summed E-state index contributed by atoms with van der Waals surface area (Å²) in [5.74, 6) is -0.927. The summed E-state index contributed by atoms with van der Waals surface area (Å²) in [7, 11) is 0. The van der Waals surface area contributed by atoms with E-state index >= 15 is 0 Å². The van der Waals surface area contributed by atoms with Gasteiger partial charge < -0.3 is 14.6 Å². The van der Waals surface area contributed by atoms with E-state index in [2.05, 4.69) is 23.8 Å². The quantitative estimate of drug-likeness (QED) is 0.317. The Labute approximate surface area is 196 Å². The zero-order valence-corrected chi connectivity index (χ0v) is 18.6. The molecule has 3 aromatic rings. The number of benzene rings is 3. The zero-order valence-electron chi connectivity index (χ0n) is 18.6. The van der Waals surface area contributed by atoms with Crippen molar-refractivity contribution in [2.24, 2.45) is 0 Å². The minimum absolute atomic E-state index is 0.310. The van der Waals surface area contributed by atoms with Gasteiger partial charge in [0.15, 0.2) is 0 Å². The molecule has 0 heterocycles. The highest BCUT2D eigenvalue weighted by Crippen LogP contribution is 2.31. The zero-order chi connectivity index (χ0) is 24.6. The van der Waals surface area contributed by atoms with E-state index in [4.69, 9.17) is 9.84 Å². The molecule has 0 spiro atoms. The van der Waals surface area contributed by atoms with Crippen LogP contribution in [0.25, 0.3) is 17.2 Å². The molecule has 0 aromatic heterocycles. The Morgan fingerprint density at radius 1 is 0.941 bits per heavy atom. The summed E-state index contributed by atoms with van der Waals surface area (Å²) >= 11 is 0. The second kappa shape index (κ2) is 11.4. The first kappa shape index (κ1) is 24.9. The summed E-state index contributed by atoms with van der Waals surface area (Å²) in [5.41, 5.74) is 4.13. The molecule has 0 fully saturated rings. The Hall–Kier alpha value is -3.74. The molecule has 178 valence electrons. The van der Waals surface area contributed by atoms with E-state index in [1.165, 1.54) is 35.9 Å².